The summed E-state index contributed by atoms with van der Waals surface area (Å²) in [5.74, 6) is -0.136. The van der Waals surface area contributed by atoms with Crippen LogP contribution >= 0.6 is 0 Å². The highest BCUT2D eigenvalue weighted by Gasteiger charge is 2.42. The zero-order valence-corrected chi connectivity index (χ0v) is 13.6. The number of hydrogen-bond acceptors (Lipinski definition) is 4. The summed E-state index contributed by atoms with van der Waals surface area (Å²) < 4.78 is 3.67. The van der Waals surface area contributed by atoms with E-state index >= 15 is 0 Å². The molecule has 0 saturated heterocycles. The number of hydrogen-bond donors (Lipinski definition) is 2. The van der Waals surface area contributed by atoms with Crippen LogP contribution in [0.15, 0.2) is 61.4 Å². The highest BCUT2D eigenvalue weighted by molar-refractivity contribution is 5.94. The lowest BCUT2D eigenvalue weighted by Crippen LogP contribution is -2.56. The molecule has 3 atom stereocenters. The molecule has 2 aromatic heterocycles. The van der Waals surface area contributed by atoms with Gasteiger partial charge >= 0.3 is 0 Å². The van der Waals surface area contributed by atoms with E-state index in [4.69, 9.17) is 0 Å². The van der Waals surface area contributed by atoms with E-state index in [1.165, 1.54) is 0 Å². The van der Waals surface area contributed by atoms with Gasteiger partial charge in [0.25, 0.3) is 5.91 Å². The molecule has 1 fully saturated rings. The van der Waals surface area contributed by atoms with Crippen molar-refractivity contribution in [1.82, 2.24) is 24.6 Å². The Hall–Kier alpha value is -2.93. The van der Waals surface area contributed by atoms with Gasteiger partial charge in [0, 0.05) is 36.9 Å². The average molecular weight is 337 g/mol. The van der Waals surface area contributed by atoms with Crippen molar-refractivity contribution in [2.24, 2.45) is 0 Å². The number of carbonyl (C=O) groups is 1. The van der Waals surface area contributed by atoms with Crippen molar-refractivity contribution in [3.05, 3.63) is 72.6 Å². The van der Waals surface area contributed by atoms with E-state index in [0.29, 0.717) is 12.0 Å². The normalized spacial score (nSPS) is 22.4. The van der Waals surface area contributed by atoms with Crippen molar-refractivity contribution in [3.63, 3.8) is 0 Å². The van der Waals surface area contributed by atoms with E-state index in [0.717, 1.165) is 12.1 Å². The number of aromatic nitrogens is 4. The minimum absolute atomic E-state index is 0.118. The topological polar surface area (TPSA) is 85.0 Å². The molecule has 7 heteroatoms. The third-order valence-corrected chi connectivity index (χ3v) is 4.59. The van der Waals surface area contributed by atoms with Gasteiger partial charge in [0.05, 0.1) is 24.5 Å². The molecule has 4 rings (SSSR count). The molecule has 25 heavy (non-hydrogen) atoms. The van der Waals surface area contributed by atoms with Crippen molar-refractivity contribution in [2.45, 2.75) is 31.2 Å². The van der Waals surface area contributed by atoms with Crippen LogP contribution in [0.25, 0.3) is 0 Å². The summed E-state index contributed by atoms with van der Waals surface area (Å²) in [5, 5.41) is 17.1. The van der Waals surface area contributed by atoms with Crippen LogP contribution in [0.1, 0.15) is 28.4 Å². The van der Waals surface area contributed by atoms with Crippen molar-refractivity contribution in [2.75, 3.05) is 0 Å². The SMILES string of the molecule is O=C(N[C@H]1C[C@@H](O)[C@@H]1n1cccn1)c1ccc(Cn2ccnc2)cc1. The summed E-state index contributed by atoms with van der Waals surface area (Å²) in [6.45, 7) is 0.720. The maximum absolute atomic E-state index is 12.5. The number of amides is 1. The van der Waals surface area contributed by atoms with E-state index in [-0.39, 0.29) is 18.0 Å². The molecular weight excluding hydrogens is 318 g/mol. The predicted molar refractivity (Wildman–Crippen MR) is 90.9 cm³/mol. The molecule has 7 nitrogen and oxygen atoms in total. The molecule has 1 saturated carbocycles. The fourth-order valence-electron chi connectivity index (χ4n) is 3.18. The number of nitrogens with one attached hydrogen (secondary N) is 1. The van der Waals surface area contributed by atoms with Crippen molar-refractivity contribution in [3.8, 4) is 0 Å². The standard InChI is InChI=1S/C18H19N5O2/c24-16-10-15(17(16)23-8-1-6-20-23)21-18(25)14-4-2-13(3-5-14)11-22-9-7-19-12-22/h1-9,12,15-17,24H,10-11H2,(H,21,25)/t15-,16+,17+/m0/s1. The van der Waals surface area contributed by atoms with Crippen molar-refractivity contribution in [1.29, 1.82) is 0 Å². The van der Waals surface area contributed by atoms with Crippen LogP contribution in [0.2, 0.25) is 0 Å². The Kier molecular flexibility index (Phi) is 4.07. The largest absolute Gasteiger partial charge is 0.391 e. The minimum Gasteiger partial charge on any atom is -0.391 e. The molecule has 0 aliphatic heterocycles. The van der Waals surface area contributed by atoms with Crippen LogP contribution < -0.4 is 5.32 Å². The van der Waals surface area contributed by atoms with Gasteiger partial charge in [-0.15, -0.1) is 0 Å². The maximum atomic E-state index is 12.5. The first kappa shape index (κ1) is 15.6. The van der Waals surface area contributed by atoms with E-state index in [2.05, 4.69) is 15.4 Å². The van der Waals surface area contributed by atoms with Crippen molar-refractivity contribution < 1.29 is 9.90 Å². The zero-order valence-electron chi connectivity index (χ0n) is 13.6. The Labute approximate surface area is 144 Å². The van der Waals surface area contributed by atoms with Gasteiger partial charge in [0.15, 0.2) is 0 Å². The maximum Gasteiger partial charge on any atom is 0.251 e. The Morgan fingerprint density at radius 2 is 2.08 bits per heavy atom. The summed E-state index contributed by atoms with van der Waals surface area (Å²) in [7, 11) is 0. The van der Waals surface area contributed by atoms with Gasteiger partial charge in [0.2, 0.25) is 0 Å². The van der Waals surface area contributed by atoms with Crippen LogP contribution in [0, 0.1) is 0 Å². The molecule has 0 radical (unpaired) electrons. The Morgan fingerprint density at radius 1 is 1.24 bits per heavy atom. The lowest BCUT2D eigenvalue weighted by molar-refractivity contribution is -0.00588. The molecule has 1 aliphatic rings. The van der Waals surface area contributed by atoms with Gasteiger partial charge in [-0.2, -0.15) is 5.10 Å². The number of imidazole rings is 1. The summed E-state index contributed by atoms with van der Waals surface area (Å²) in [6.07, 6.45) is 8.93. The van der Waals surface area contributed by atoms with Crippen LogP contribution in [0.4, 0.5) is 0 Å². The highest BCUT2D eigenvalue weighted by Crippen LogP contribution is 2.32. The molecule has 2 heterocycles. The molecule has 0 unspecified atom stereocenters. The first-order valence-electron chi connectivity index (χ1n) is 8.23. The summed E-state index contributed by atoms with van der Waals surface area (Å²) in [4.78, 5) is 16.5. The molecule has 1 aromatic carbocycles. The Bertz CT molecular complexity index is 827. The second kappa shape index (κ2) is 6.52. The second-order valence-corrected chi connectivity index (χ2v) is 6.29. The molecule has 0 bridgehead atoms. The zero-order chi connectivity index (χ0) is 17.2. The molecule has 128 valence electrons. The second-order valence-electron chi connectivity index (χ2n) is 6.29. The fourth-order valence-corrected chi connectivity index (χ4v) is 3.18. The third-order valence-electron chi connectivity index (χ3n) is 4.59. The first-order valence-corrected chi connectivity index (χ1v) is 8.23. The smallest absolute Gasteiger partial charge is 0.251 e. The lowest BCUT2D eigenvalue weighted by Gasteiger charge is -2.41. The summed E-state index contributed by atoms with van der Waals surface area (Å²) >= 11 is 0. The first-order chi connectivity index (χ1) is 12.2. The minimum atomic E-state index is -0.484. The van der Waals surface area contributed by atoms with E-state index in [1.807, 2.05) is 41.1 Å². The molecular formula is C18H19N5O2. The van der Waals surface area contributed by atoms with Gasteiger partial charge in [-0.3, -0.25) is 9.48 Å². The van der Waals surface area contributed by atoms with Gasteiger partial charge in [-0.25, -0.2) is 4.98 Å². The number of aliphatic hydroxyl groups excluding tert-OH is 1. The van der Waals surface area contributed by atoms with Gasteiger partial charge in [-0.1, -0.05) is 12.1 Å². The van der Waals surface area contributed by atoms with Gasteiger partial charge < -0.3 is 15.0 Å². The number of nitrogens with zero attached hydrogens (tertiary/aromatic N) is 4. The number of aliphatic hydroxyl groups is 1. The highest BCUT2D eigenvalue weighted by atomic mass is 16.3. The lowest BCUT2D eigenvalue weighted by atomic mass is 9.83. The summed E-state index contributed by atoms with van der Waals surface area (Å²) in [5.41, 5.74) is 1.71. The van der Waals surface area contributed by atoms with Crippen LogP contribution in [-0.2, 0) is 6.54 Å². The molecule has 3 aromatic rings. The van der Waals surface area contributed by atoms with Crippen LogP contribution in [-0.4, -0.2) is 42.5 Å². The predicted octanol–water partition coefficient (Wildman–Crippen LogP) is 1.23. The van der Waals surface area contributed by atoms with Crippen LogP contribution in [0.5, 0.6) is 0 Å². The Balaban J connectivity index is 1.39. The van der Waals surface area contributed by atoms with Gasteiger partial charge in [-0.05, 0) is 30.2 Å². The third kappa shape index (κ3) is 3.18. The van der Waals surface area contributed by atoms with Crippen molar-refractivity contribution >= 4 is 5.91 Å². The van der Waals surface area contributed by atoms with E-state index in [1.54, 1.807) is 29.6 Å². The number of carbonyl (C=O) groups excluding carboxylic acids is 1. The molecule has 0 spiro atoms. The van der Waals surface area contributed by atoms with E-state index in [9.17, 15) is 9.90 Å². The van der Waals surface area contributed by atoms with Crippen LogP contribution in [0.3, 0.4) is 0 Å². The molecule has 1 amide bonds. The molecule has 2 N–H and O–H groups in total. The summed E-state index contributed by atoms with van der Waals surface area (Å²) in [6, 6.07) is 9.00. The average Bonchev–Trinajstić information content (AvgIpc) is 3.29. The number of rotatable bonds is 5. The Morgan fingerprint density at radius 3 is 2.72 bits per heavy atom. The molecule has 1 aliphatic carbocycles. The number of benzene rings is 1. The van der Waals surface area contributed by atoms with E-state index < -0.39 is 6.10 Å². The quantitative estimate of drug-likeness (QED) is 0.733. The van der Waals surface area contributed by atoms with Gasteiger partial charge in [0.1, 0.15) is 0 Å². The fraction of sp³-hybridized carbons (Fsp3) is 0.278. The monoisotopic (exact) mass is 337 g/mol.